The van der Waals surface area contributed by atoms with Crippen LogP contribution in [0.1, 0.15) is 206 Å². The summed E-state index contributed by atoms with van der Waals surface area (Å²) in [7, 11) is 0. The van der Waals surface area contributed by atoms with Gasteiger partial charge in [0, 0.05) is 0 Å². The second-order valence-electron chi connectivity index (χ2n) is 27.6. The van der Waals surface area contributed by atoms with Gasteiger partial charge in [0.15, 0.2) is 0 Å². The van der Waals surface area contributed by atoms with Crippen molar-refractivity contribution >= 4 is 23.9 Å². The van der Waals surface area contributed by atoms with Gasteiger partial charge in [-0.05, 0) is 260 Å². The first-order valence-electron chi connectivity index (χ1n) is 29.1. The van der Waals surface area contributed by atoms with Gasteiger partial charge in [-0.2, -0.15) is 0 Å². The van der Waals surface area contributed by atoms with Crippen molar-refractivity contribution in [2.24, 2.45) is 142 Å². The third kappa shape index (κ3) is 8.09. The van der Waals surface area contributed by atoms with Crippen LogP contribution in [0, 0.1) is 142 Å². The Bertz CT molecular complexity index is 1940. The Hall–Kier alpha value is -2.12. The van der Waals surface area contributed by atoms with Gasteiger partial charge < -0.3 is 18.9 Å². The van der Waals surface area contributed by atoms with Gasteiger partial charge in [-0.25, -0.2) is 0 Å². The molecule has 16 aliphatic carbocycles. The molecule has 71 heavy (non-hydrogen) atoms. The van der Waals surface area contributed by atoms with Crippen LogP contribution in [0.3, 0.4) is 0 Å². The molecule has 0 aromatic carbocycles. The summed E-state index contributed by atoms with van der Waals surface area (Å²) >= 11 is 0. The number of fused-ring (bicyclic) bond motifs is 18. The van der Waals surface area contributed by atoms with E-state index in [1.165, 1.54) is 89.9 Å². The lowest BCUT2D eigenvalue weighted by Gasteiger charge is -2.60. The SMILES string of the molecule is C.C.C.C.CCC(C)C(=O)OC1CC2CC1C1C3CC(CC3C(=O)OC3(C)C4CC5CC(C4)CC3C5)C21.CCC(C)C(=O)OC1CC2CC1C1C3CC(CC3C(=O)OC3(CC)C4CC5CC(C4)CC3C5)C21. The first-order chi connectivity index (χ1) is 32.3. The van der Waals surface area contributed by atoms with Crippen molar-refractivity contribution in [2.45, 2.75) is 229 Å². The van der Waals surface area contributed by atoms with E-state index in [9.17, 15) is 19.2 Å². The zero-order chi connectivity index (χ0) is 46.0. The zero-order valence-corrected chi connectivity index (χ0v) is 42.1. The van der Waals surface area contributed by atoms with Gasteiger partial charge in [-0.3, -0.25) is 19.2 Å². The quantitative estimate of drug-likeness (QED) is 0.115. The molecule has 16 saturated carbocycles. The fourth-order valence-electron chi connectivity index (χ4n) is 22.4. The summed E-state index contributed by atoms with van der Waals surface area (Å²) in [5, 5.41) is 0. The molecule has 16 fully saturated rings. The molecule has 0 aromatic rings. The molecule has 0 aromatic heterocycles. The lowest BCUT2D eigenvalue weighted by atomic mass is 9.49. The van der Waals surface area contributed by atoms with Crippen LogP contribution in [-0.4, -0.2) is 47.3 Å². The summed E-state index contributed by atoms with van der Waals surface area (Å²) < 4.78 is 25.5. The van der Waals surface area contributed by atoms with Crippen LogP contribution in [0.15, 0.2) is 0 Å². The molecular weight excluding hydrogens is 885 g/mol. The van der Waals surface area contributed by atoms with Gasteiger partial charge in [0.1, 0.15) is 23.4 Å². The molecule has 16 bridgehead atoms. The molecule has 0 radical (unpaired) electrons. The standard InChI is InChI=1S/C30H44O4.C29H42O4.4CH4/c1-4-15(3)28(31)33-25-14-19-13-24(25)27-22-11-18(26(19)27)12-23(22)29(32)34-30(5-2)20-7-16-6-17(9-20)10-21(30)8-16;1-4-14(2)27(30)32-24-13-18-12-23(24)26-21-10-17(25(18)26)11-22(21)28(31)33-29(3)19-6-15-5-16(8-19)9-20(29)7-15;;;;/h15-27H,4-14H2,1-3H3;14-26H,4-13H2,1-3H3;4*1H4. The smallest absolute Gasteiger partial charge is 0.309 e. The van der Waals surface area contributed by atoms with E-state index < -0.39 is 0 Å². The van der Waals surface area contributed by atoms with Crippen LogP contribution in [0.5, 0.6) is 0 Å². The molecule has 0 heterocycles. The zero-order valence-electron chi connectivity index (χ0n) is 42.1. The molecule has 8 nitrogen and oxygen atoms in total. The maximum Gasteiger partial charge on any atom is 0.309 e. The second kappa shape index (κ2) is 19.5. The van der Waals surface area contributed by atoms with E-state index in [0.29, 0.717) is 82.9 Å². The summed E-state index contributed by atoms with van der Waals surface area (Å²) in [5.74, 6) is 13.8. The number of ether oxygens (including phenoxy) is 4. The third-order valence-corrected chi connectivity index (χ3v) is 25.1. The largest absolute Gasteiger partial charge is 0.462 e. The first-order valence-corrected chi connectivity index (χ1v) is 29.1. The third-order valence-electron chi connectivity index (χ3n) is 25.1. The molecule has 16 rings (SSSR count). The second-order valence-corrected chi connectivity index (χ2v) is 27.6. The Balaban J connectivity index is 0.000000166. The molecule has 0 spiro atoms. The van der Waals surface area contributed by atoms with Gasteiger partial charge >= 0.3 is 23.9 Å². The van der Waals surface area contributed by atoms with Crippen LogP contribution in [0.4, 0.5) is 0 Å². The Morgan fingerprint density at radius 2 is 0.789 bits per heavy atom. The minimum Gasteiger partial charge on any atom is -0.462 e. The number of esters is 4. The highest BCUT2D eigenvalue weighted by molar-refractivity contribution is 5.75. The minimum atomic E-state index is -0.214. The Labute approximate surface area is 431 Å². The van der Waals surface area contributed by atoms with Gasteiger partial charge in [0.25, 0.3) is 0 Å². The van der Waals surface area contributed by atoms with Crippen molar-refractivity contribution in [1.29, 1.82) is 0 Å². The van der Waals surface area contributed by atoms with Gasteiger partial charge in [-0.1, -0.05) is 64.3 Å². The highest BCUT2D eigenvalue weighted by atomic mass is 16.6. The van der Waals surface area contributed by atoms with Crippen molar-refractivity contribution in [3.8, 4) is 0 Å². The van der Waals surface area contributed by atoms with E-state index in [1.807, 2.05) is 13.8 Å². The van der Waals surface area contributed by atoms with E-state index >= 15 is 0 Å². The van der Waals surface area contributed by atoms with Crippen molar-refractivity contribution in [3.63, 3.8) is 0 Å². The predicted molar refractivity (Wildman–Crippen MR) is 279 cm³/mol. The van der Waals surface area contributed by atoms with Crippen LogP contribution in [-0.2, 0) is 38.1 Å². The molecule has 0 saturated heterocycles. The van der Waals surface area contributed by atoms with E-state index in [4.69, 9.17) is 18.9 Å². The Kier molecular flexibility index (Phi) is 14.7. The van der Waals surface area contributed by atoms with Crippen molar-refractivity contribution in [1.82, 2.24) is 0 Å². The number of carbonyl (C=O) groups excluding carboxylic acids is 4. The van der Waals surface area contributed by atoms with Gasteiger partial charge in [0.2, 0.25) is 0 Å². The number of hydrogen-bond acceptors (Lipinski definition) is 8. The van der Waals surface area contributed by atoms with E-state index in [1.54, 1.807) is 0 Å². The highest BCUT2D eigenvalue weighted by Gasteiger charge is 2.69. The van der Waals surface area contributed by atoms with Gasteiger partial charge in [0.05, 0.1) is 23.7 Å². The maximum atomic E-state index is 13.9. The summed E-state index contributed by atoms with van der Waals surface area (Å²) in [5.41, 5.74) is -0.385. The molecule has 0 amide bonds. The minimum absolute atomic E-state index is 0. The van der Waals surface area contributed by atoms with Crippen LogP contribution in [0.25, 0.3) is 0 Å². The normalized spacial score (nSPS) is 51.9. The maximum absolute atomic E-state index is 13.9. The van der Waals surface area contributed by atoms with E-state index in [-0.39, 0.29) is 101 Å². The molecule has 0 aliphatic heterocycles. The fourth-order valence-corrected chi connectivity index (χ4v) is 22.4. The monoisotopic (exact) mass is 987 g/mol. The molecular formula is C63H102O8. The summed E-state index contributed by atoms with van der Waals surface area (Å²) in [6.45, 7) is 12.6. The van der Waals surface area contributed by atoms with Crippen LogP contribution < -0.4 is 0 Å². The van der Waals surface area contributed by atoms with E-state index in [0.717, 1.165) is 80.5 Å². The van der Waals surface area contributed by atoms with Crippen molar-refractivity contribution in [3.05, 3.63) is 0 Å². The fraction of sp³-hybridized carbons (Fsp3) is 0.937. The average Bonchev–Trinajstić information content (AvgIpc) is 4.19. The lowest BCUT2D eigenvalue weighted by molar-refractivity contribution is -0.217. The first kappa shape index (κ1) is 53.7. The summed E-state index contributed by atoms with van der Waals surface area (Å²) in [6.07, 6.45) is 25.1. The molecule has 16 aliphatic rings. The van der Waals surface area contributed by atoms with E-state index in [2.05, 4.69) is 27.7 Å². The number of hydrogen-bond donors (Lipinski definition) is 0. The lowest BCUT2D eigenvalue weighted by Crippen LogP contribution is -2.60. The highest BCUT2D eigenvalue weighted by Crippen LogP contribution is 2.72. The Morgan fingerprint density at radius 1 is 0.437 bits per heavy atom. The Morgan fingerprint density at radius 3 is 1.17 bits per heavy atom. The summed E-state index contributed by atoms with van der Waals surface area (Å²) in [4.78, 5) is 52.6. The molecule has 402 valence electrons. The molecule has 18 atom stereocenters. The number of rotatable bonds is 11. The molecule has 18 unspecified atom stereocenters. The average molecular weight is 988 g/mol. The predicted octanol–water partition coefficient (Wildman–Crippen LogP) is 14.2. The van der Waals surface area contributed by atoms with Crippen LogP contribution >= 0.6 is 0 Å². The summed E-state index contributed by atoms with van der Waals surface area (Å²) in [6, 6.07) is 0. The number of carbonyl (C=O) groups is 4. The topological polar surface area (TPSA) is 105 Å². The van der Waals surface area contributed by atoms with Crippen LogP contribution in [0.2, 0.25) is 0 Å². The molecule has 8 heteroatoms. The van der Waals surface area contributed by atoms with Gasteiger partial charge in [-0.15, -0.1) is 0 Å². The van der Waals surface area contributed by atoms with Crippen molar-refractivity contribution < 1.29 is 38.1 Å². The van der Waals surface area contributed by atoms with Crippen molar-refractivity contribution in [2.75, 3.05) is 0 Å². The molecule has 0 N–H and O–H groups in total.